The minimum Gasteiger partial charge on any atom is -0.497 e. The molecule has 136 valence electrons. The highest BCUT2D eigenvalue weighted by atomic mass is 32.1. The van der Waals surface area contributed by atoms with Crippen molar-refractivity contribution >= 4 is 27.2 Å². The fourth-order valence-corrected chi connectivity index (χ4v) is 3.51. The summed E-state index contributed by atoms with van der Waals surface area (Å²) in [5, 5.41) is 8.66. The molecule has 2 heterocycles. The number of ether oxygens (including phenoxy) is 1. The van der Waals surface area contributed by atoms with Crippen LogP contribution in [0.1, 0.15) is 22.8 Å². The summed E-state index contributed by atoms with van der Waals surface area (Å²) in [5.74, 6) is 0.883. The average molecular weight is 378 g/mol. The molecule has 2 aromatic carbocycles. The Bertz CT molecular complexity index is 1070. The summed E-state index contributed by atoms with van der Waals surface area (Å²) in [7, 11) is 1.66. The first kappa shape index (κ1) is 17.2. The lowest BCUT2D eigenvalue weighted by molar-refractivity contribution is 0.101. The smallest absolute Gasteiger partial charge is 0.214 e. The number of fused-ring (bicyclic) bond motifs is 1. The van der Waals surface area contributed by atoms with E-state index in [4.69, 9.17) is 4.74 Å². The zero-order valence-electron chi connectivity index (χ0n) is 15.0. The molecule has 0 unspecified atom stereocenters. The van der Waals surface area contributed by atoms with Crippen LogP contribution in [0.2, 0.25) is 0 Å². The zero-order chi connectivity index (χ0) is 18.8. The minimum absolute atomic E-state index is 0.0426. The van der Waals surface area contributed by atoms with Crippen LogP contribution in [0, 0.1) is 0 Å². The van der Waals surface area contributed by atoms with Gasteiger partial charge in [-0.05, 0) is 30.7 Å². The molecule has 0 aliphatic rings. The van der Waals surface area contributed by atoms with E-state index in [1.165, 1.54) is 11.3 Å². The molecule has 0 fully saturated rings. The first-order valence-electron chi connectivity index (χ1n) is 8.47. The number of carbonyl (C=O) groups is 1. The molecule has 2 aromatic heterocycles. The Kier molecular flexibility index (Phi) is 4.60. The topological polar surface area (TPSA) is 68.5 Å². The standard InChI is InChI=1S/C20H18N4O2S/c1-13(25)15-4-3-5-16(10-15)18-12-24-20(22-18)27-19(23-24)21-11-14-6-8-17(26-2)9-7-14/h3-10,12H,11H2,1-2H3,(H,21,23). The Labute approximate surface area is 160 Å². The van der Waals surface area contributed by atoms with E-state index in [-0.39, 0.29) is 5.78 Å². The number of methoxy groups -OCH3 is 1. The van der Waals surface area contributed by atoms with Gasteiger partial charge in [-0.25, -0.2) is 9.50 Å². The molecule has 0 aliphatic heterocycles. The molecule has 7 heteroatoms. The molecule has 1 N–H and O–H groups in total. The van der Waals surface area contributed by atoms with Gasteiger partial charge in [0, 0.05) is 17.7 Å². The third-order valence-electron chi connectivity index (χ3n) is 4.21. The van der Waals surface area contributed by atoms with E-state index in [2.05, 4.69) is 15.4 Å². The maximum Gasteiger partial charge on any atom is 0.214 e. The molecule has 0 atom stereocenters. The Morgan fingerprint density at radius 2 is 2.04 bits per heavy atom. The quantitative estimate of drug-likeness (QED) is 0.507. The Balaban J connectivity index is 1.50. The summed E-state index contributed by atoms with van der Waals surface area (Å²) in [5.41, 5.74) is 3.54. The first-order chi connectivity index (χ1) is 13.1. The maximum absolute atomic E-state index is 11.6. The number of nitrogens with one attached hydrogen (secondary N) is 1. The van der Waals surface area contributed by atoms with Crippen molar-refractivity contribution < 1.29 is 9.53 Å². The molecule has 0 amide bonds. The van der Waals surface area contributed by atoms with Crippen LogP contribution in [0.3, 0.4) is 0 Å². The fourth-order valence-electron chi connectivity index (χ4n) is 2.73. The minimum atomic E-state index is 0.0426. The molecule has 0 bridgehead atoms. The van der Waals surface area contributed by atoms with Crippen LogP contribution < -0.4 is 10.1 Å². The summed E-state index contributed by atoms with van der Waals surface area (Å²) >= 11 is 1.49. The van der Waals surface area contributed by atoms with E-state index < -0.39 is 0 Å². The highest BCUT2D eigenvalue weighted by molar-refractivity contribution is 7.20. The van der Waals surface area contributed by atoms with E-state index in [0.29, 0.717) is 12.1 Å². The van der Waals surface area contributed by atoms with Gasteiger partial charge in [-0.15, -0.1) is 5.10 Å². The van der Waals surface area contributed by atoms with Crippen LogP contribution in [0.5, 0.6) is 5.75 Å². The predicted molar refractivity (Wildman–Crippen MR) is 107 cm³/mol. The van der Waals surface area contributed by atoms with E-state index >= 15 is 0 Å². The molecule has 27 heavy (non-hydrogen) atoms. The molecule has 6 nitrogen and oxygen atoms in total. The van der Waals surface area contributed by atoms with Crippen molar-refractivity contribution in [2.45, 2.75) is 13.5 Å². The number of rotatable bonds is 6. The van der Waals surface area contributed by atoms with Crippen LogP contribution in [0.4, 0.5) is 5.13 Å². The molecule has 0 radical (unpaired) electrons. The van der Waals surface area contributed by atoms with Gasteiger partial charge >= 0.3 is 0 Å². The number of anilines is 1. The molecular formula is C20H18N4O2S. The first-order valence-corrected chi connectivity index (χ1v) is 9.28. The Hall–Kier alpha value is -3.19. The maximum atomic E-state index is 11.6. The summed E-state index contributed by atoms with van der Waals surface area (Å²) in [6.45, 7) is 2.24. The summed E-state index contributed by atoms with van der Waals surface area (Å²) < 4.78 is 6.93. The number of hydrogen-bond acceptors (Lipinski definition) is 6. The van der Waals surface area contributed by atoms with Crippen molar-refractivity contribution in [3.05, 3.63) is 65.9 Å². The highest BCUT2D eigenvalue weighted by Crippen LogP contribution is 2.25. The van der Waals surface area contributed by atoms with Gasteiger partial charge in [0.2, 0.25) is 10.1 Å². The third-order valence-corrected chi connectivity index (χ3v) is 5.09. The number of imidazole rings is 1. The van der Waals surface area contributed by atoms with Gasteiger partial charge in [0.25, 0.3) is 0 Å². The summed E-state index contributed by atoms with van der Waals surface area (Å²) in [6, 6.07) is 15.4. The molecule has 0 aliphatic carbocycles. The number of carbonyl (C=O) groups excluding carboxylic acids is 1. The molecule has 0 spiro atoms. The second-order valence-electron chi connectivity index (χ2n) is 6.10. The van der Waals surface area contributed by atoms with Crippen LogP contribution in [-0.4, -0.2) is 27.5 Å². The molecule has 4 aromatic rings. The predicted octanol–water partition coefficient (Wildman–Crippen LogP) is 4.28. The Morgan fingerprint density at radius 3 is 2.74 bits per heavy atom. The van der Waals surface area contributed by atoms with Crippen LogP contribution in [0.15, 0.2) is 54.7 Å². The van der Waals surface area contributed by atoms with E-state index in [1.807, 2.05) is 54.7 Å². The second kappa shape index (κ2) is 7.20. The van der Waals surface area contributed by atoms with E-state index in [0.717, 1.165) is 32.7 Å². The average Bonchev–Trinajstić information content (AvgIpc) is 3.25. The number of benzene rings is 2. The van der Waals surface area contributed by atoms with E-state index in [9.17, 15) is 4.79 Å². The lowest BCUT2D eigenvalue weighted by Gasteiger charge is -2.04. The fraction of sp³-hybridized carbons (Fsp3) is 0.150. The normalized spacial score (nSPS) is 10.9. The van der Waals surface area contributed by atoms with Gasteiger partial charge in [0.15, 0.2) is 5.78 Å². The monoisotopic (exact) mass is 378 g/mol. The molecule has 0 saturated carbocycles. The summed E-state index contributed by atoms with van der Waals surface area (Å²) in [4.78, 5) is 17.0. The van der Waals surface area contributed by atoms with Gasteiger partial charge in [-0.3, -0.25) is 4.79 Å². The van der Waals surface area contributed by atoms with Crippen LogP contribution in [-0.2, 0) is 6.54 Å². The molecule has 0 saturated heterocycles. The number of aromatic nitrogens is 3. The number of nitrogens with zero attached hydrogens (tertiary/aromatic N) is 3. The van der Waals surface area contributed by atoms with Gasteiger partial charge in [0.1, 0.15) is 5.75 Å². The number of Topliss-reactive ketones (excluding diaryl/α,β-unsaturated/α-hetero) is 1. The van der Waals surface area contributed by atoms with Gasteiger partial charge in [-0.1, -0.05) is 41.7 Å². The Morgan fingerprint density at radius 1 is 1.22 bits per heavy atom. The summed E-state index contributed by atoms with van der Waals surface area (Å²) in [6.07, 6.45) is 1.88. The van der Waals surface area contributed by atoms with Crippen molar-refractivity contribution in [1.29, 1.82) is 0 Å². The van der Waals surface area contributed by atoms with Crippen molar-refractivity contribution in [3.8, 4) is 17.0 Å². The lowest BCUT2D eigenvalue weighted by Crippen LogP contribution is -1.99. The molecular weight excluding hydrogens is 360 g/mol. The highest BCUT2D eigenvalue weighted by Gasteiger charge is 2.11. The van der Waals surface area contributed by atoms with E-state index in [1.54, 1.807) is 18.5 Å². The second-order valence-corrected chi connectivity index (χ2v) is 7.06. The molecule has 4 rings (SSSR count). The number of ketones is 1. The van der Waals surface area contributed by atoms with Crippen molar-refractivity contribution in [2.75, 3.05) is 12.4 Å². The zero-order valence-corrected chi connectivity index (χ0v) is 15.8. The van der Waals surface area contributed by atoms with Crippen molar-refractivity contribution in [2.24, 2.45) is 0 Å². The number of hydrogen-bond donors (Lipinski definition) is 1. The van der Waals surface area contributed by atoms with Crippen molar-refractivity contribution in [1.82, 2.24) is 14.6 Å². The van der Waals surface area contributed by atoms with Gasteiger partial charge < -0.3 is 10.1 Å². The lowest BCUT2D eigenvalue weighted by atomic mass is 10.1. The van der Waals surface area contributed by atoms with Gasteiger partial charge in [0.05, 0.1) is 19.0 Å². The largest absolute Gasteiger partial charge is 0.497 e. The SMILES string of the molecule is COc1ccc(CNc2nn3cc(-c4cccc(C(C)=O)c4)nc3s2)cc1. The third kappa shape index (κ3) is 3.68. The van der Waals surface area contributed by atoms with Crippen molar-refractivity contribution in [3.63, 3.8) is 0 Å². The van der Waals surface area contributed by atoms with Crippen LogP contribution >= 0.6 is 11.3 Å². The van der Waals surface area contributed by atoms with Crippen LogP contribution in [0.25, 0.3) is 16.2 Å². The van der Waals surface area contributed by atoms with Gasteiger partial charge in [-0.2, -0.15) is 0 Å².